The number of hydrogen-bond donors (Lipinski definition) is 8. The number of amides is 1. The molecule has 2 heterocycles. The average Bonchev–Trinajstić information content (AvgIpc) is 1.45. The van der Waals surface area contributed by atoms with Crippen LogP contribution in [0.1, 0.15) is 225 Å². The fourth-order valence-corrected chi connectivity index (χ4v) is 12.2. The molecule has 2 saturated heterocycles. The highest BCUT2D eigenvalue weighted by atomic mass is 31.3. The summed E-state index contributed by atoms with van der Waals surface area (Å²) in [5.41, 5.74) is 15.2. The van der Waals surface area contributed by atoms with Crippen molar-refractivity contribution < 1.29 is 76.8 Å². The van der Waals surface area contributed by atoms with Crippen LogP contribution in [-0.2, 0) is 41.5 Å². The van der Waals surface area contributed by atoms with Gasteiger partial charge in [-0.2, -0.15) is 4.31 Å². The van der Waals surface area contributed by atoms with Crippen LogP contribution in [-0.4, -0.2) is 116 Å². The lowest BCUT2D eigenvalue weighted by molar-refractivity contribution is -0.335. The van der Waals surface area contributed by atoms with Crippen LogP contribution in [0.4, 0.5) is 0 Å². The summed E-state index contributed by atoms with van der Waals surface area (Å²) in [7, 11) is -10.9. The Kier molecular flexibility index (Phi) is 39.8. The summed E-state index contributed by atoms with van der Waals surface area (Å²) in [5.74, 6) is -0.783. The largest absolute Gasteiger partial charge is 0.483 e. The summed E-state index contributed by atoms with van der Waals surface area (Å²) in [6, 6.07) is -1.70. The van der Waals surface area contributed by atoms with E-state index in [9.17, 15) is 49.2 Å². The van der Waals surface area contributed by atoms with Crippen LogP contribution in [0.15, 0.2) is 128 Å². The van der Waals surface area contributed by atoms with Crippen LogP contribution < -0.4 is 5.32 Å². The van der Waals surface area contributed by atoms with Crippen LogP contribution in [0.25, 0.3) is 0 Å². The molecule has 0 aromatic heterocycles. The first-order valence-corrected chi connectivity index (χ1v) is 34.9. The minimum atomic E-state index is -5.60. The smallest absolute Gasteiger partial charge is 0.394 e. The number of nitrogens with one attached hydrogen (secondary N) is 1. The van der Waals surface area contributed by atoms with E-state index < -0.39 is 96.1 Å². The van der Waals surface area contributed by atoms with E-state index in [1.54, 1.807) is 0 Å². The number of aliphatic hydroxyl groups excluding tert-OH is 5. The lowest BCUT2D eigenvalue weighted by Crippen LogP contribution is -2.67. The van der Waals surface area contributed by atoms with Crippen molar-refractivity contribution in [1.82, 2.24) is 5.32 Å². The zero-order chi connectivity index (χ0) is 66.0. The summed E-state index contributed by atoms with van der Waals surface area (Å²) in [6.07, 6.45) is 31.0. The first-order chi connectivity index (χ1) is 41.4. The second kappa shape index (κ2) is 43.4. The van der Waals surface area contributed by atoms with Gasteiger partial charge in [0.2, 0.25) is 5.91 Å². The van der Waals surface area contributed by atoms with Gasteiger partial charge in [0, 0.05) is 6.92 Å². The average molecular weight is 1280 g/mol. The number of allylic oxidation sites excluding steroid dienone is 21. The van der Waals surface area contributed by atoms with E-state index in [1.165, 1.54) is 68.7 Å². The van der Waals surface area contributed by atoms with Gasteiger partial charge in [-0.15, -0.1) is 0 Å². The van der Waals surface area contributed by atoms with Crippen molar-refractivity contribution in [3.63, 3.8) is 0 Å². The monoisotopic (exact) mass is 1280 g/mol. The van der Waals surface area contributed by atoms with Gasteiger partial charge in [0.1, 0.15) is 42.7 Å². The number of rotatable bonds is 41. The number of carbonyl (C=O) groups is 1. The van der Waals surface area contributed by atoms with Gasteiger partial charge in [-0.1, -0.05) is 128 Å². The molecule has 2 fully saturated rings. The third kappa shape index (κ3) is 35.4. The van der Waals surface area contributed by atoms with Crippen molar-refractivity contribution >= 4 is 21.6 Å². The molecular weight excluding hydrogens is 1160 g/mol. The second-order valence-corrected chi connectivity index (χ2v) is 27.8. The highest BCUT2D eigenvalue weighted by molar-refractivity contribution is 7.61. The van der Waals surface area contributed by atoms with E-state index in [1.807, 2.05) is 6.92 Å². The minimum Gasteiger partial charge on any atom is -0.394 e. The molecular formula is C69H115NO16P2. The van der Waals surface area contributed by atoms with Crippen LogP contribution in [0.5, 0.6) is 0 Å². The summed E-state index contributed by atoms with van der Waals surface area (Å²) in [4.78, 5) is 33.2. The number of carbonyl (C=O) groups excluding carboxylic acids is 1. The van der Waals surface area contributed by atoms with Gasteiger partial charge in [-0.3, -0.25) is 13.8 Å². The van der Waals surface area contributed by atoms with Crippen LogP contribution in [0.3, 0.4) is 0 Å². The van der Waals surface area contributed by atoms with E-state index in [0.717, 1.165) is 128 Å². The highest BCUT2D eigenvalue weighted by Crippen LogP contribution is 2.61. The third-order valence-electron chi connectivity index (χ3n) is 15.8. The lowest BCUT2D eigenvalue weighted by Gasteiger charge is -2.47. The number of hydrogen-bond acceptors (Lipinski definition) is 14. The van der Waals surface area contributed by atoms with Gasteiger partial charge >= 0.3 is 15.6 Å². The van der Waals surface area contributed by atoms with E-state index in [2.05, 4.69) is 147 Å². The molecule has 17 nitrogen and oxygen atoms in total. The summed E-state index contributed by atoms with van der Waals surface area (Å²) in [5, 5.41) is 54.1. The maximum atomic E-state index is 13.1. The van der Waals surface area contributed by atoms with Crippen molar-refractivity contribution in [3.8, 4) is 0 Å². The quantitative estimate of drug-likeness (QED) is 0.0209. The zero-order valence-electron chi connectivity index (χ0n) is 55.9. The molecule has 0 bridgehead atoms. The Morgan fingerprint density at radius 2 is 0.773 bits per heavy atom. The number of phosphoric ester groups is 2. The Labute approximate surface area is 529 Å². The first-order valence-electron chi connectivity index (χ1n) is 31.9. The van der Waals surface area contributed by atoms with Gasteiger partial charge in [-0.25, -0.2) is 9.13 Å². The first kappa shape index (κ1) is 80.6. The van der Waals surface area contributed by atoms with Crippen molar-refractivity contribution in [2.45, 2.75) is 287 Å². The molecule has 2 aliphatic heterocycles. The molecule has 0 aromatic rings. The lowest BCUT2D eigenvalue weighted by atomic mass is 9.95. The van der Waals surface area contributed by atoms with E-state index in [4.69, 9.17) is 23.3 Å². The minimum absolute atomic E-state index is 0.462. The maximum absolute atomic E-state index is 13.1. The SMILES string of the molecule is CC(=O)NC1C(OP(=O)(O)OP(=O)(O)OC/C=C(\C)CC/C=C(\C)CC/C=C(\C)CC/C=C(\C)CC/C=C(\C)CC/C=C(\C)CC/C=C(\C)CC/C=C(\C)CC/C=C(\C)CC/C=C(\C)CCC=C(C)C)OC(CO)C(O)C1OC1OC(C)C(O)C(O)C1O. The predicted molar refractivity (Wildman–Crippen MR) is 354 cm³/mol. The van der Waals surface area contributed by atoms with Gasteiger partial charge in [-0.05, 0) is 218 Å². The zero-order valence-corrected chi connectivity index (χ0v) is 57.7. The molecule has 2 rings (SSSR count). The topological polar surface area (TPSA) is 260 Å². The fraction of sp³-hybridized carbons (Fsp3) is 0.667. The van der Waals surface area contributed by atoms with Gasteiger partial charge in [0.05, 0.1) is 19.3 Å². The Bertz CT molecular complexity index is 2570. The van der Waals surface area contributed by atoms with E-state index in [0.29, 0.717) is 12.8 Å². The molecule has 12 unspecified atom stereocenters. The van der Waals surface area contributed by atoms with Gasteiger partial charge in [0.15, 0.2) is 12.6 Å². The molecule has 502 valence electrons. The summed E-state index contributed by atoms with van der Waals surface area (Å²) < 4.78 is 57.0. The molecule has 0 aliphatic carbocycles. The molecule has 19 heteroatoms. The second-order valence-electron chi connectivity index (χ2n) is 24.8. The normalized spacial score (nSPS) is 25.8. The van der Waals surface area contributed by atoms with E-state index >= 15 is 0 Å². The fourth-order valence-electron chi connectivity index (χ4n) is 10.1. The van der Waals surface area contributed by atoms with Crippen molar-refractivity contribution in [2.75, 3.05) is 13.2 Å². The Morgan fingerprint density at radius 1 is 0.443 bits per heavy atom. The molecule has 0 saturated carbocycles. The van der Waals surface area contributed by atoms with Crippen molar-refractivity contribution in [2.24, 2.45) is 0 Å². The molecule has 2 aliphatic rings. The van der Waals surface area contributed by atoms with Crippen LogP contribution >= 0.6 is 15.6 Å². The maximum Gasteiger partial charge on any atom is 0.483 e. The summed E-state index contributed by atoms with van der Waals surface area (Å²) >= 11 is 0. The summed E-state index contributed by atoms with van der Waals surface area (Å²) in [6.45, 7) is 27.3. The van der Waals surface area contributed by atoms with Gasteiger partial charge in [0.25, 0.3) is 0 Å². The highest BCUT2D eigenvalue weighted by Gasteiger charge is 2.53. The predicted octanol–water partition coefficient (Wildman–Crippen LogP) is 15.3. The molecule has 0 aromatic carbocycles. The van der Waals surface area contributed by atoms with Crippen molar-refractivity contribution in [1.29, 1.82) is 0 Å². The Hall–Kier alpha value is -3.45. The van der Waals surface area contributed by atoms with Crippen molar-refractivity contribution in [3.05, 3.63) is 128 Å². The number of aliphatic hydroxyl groups is 5. The molecule has 8 N–H and O–H groups in total. The molecule has 0 radical (unpaired) electrons. The molecule has 88 heavy (non-hydrogen) atoms. The number of ether oxygens (including phenoxy) is 3. The van der Waals surface area contributed by atoms with Gasteiger partial charge < -0.3 is 54.8 Å². The standard InChI is InChI=1S/C69H115NO16P2/c1-48(2)25-15-26-49(3)27-16-28-50(4)29-17-30-51(5)31-18-32-52(6)33-19-34-53(7)35-20-36-54(8)37-21-38-55(9)39-22-40-56(10)41-23-42-57(11)43-24-44-58(12)45-46-81-87(77,78)86-88(79,80)85-68-62(70-60(14)72)67(64(74)61(47-71)83-68)84-69-66(76)65(75)63(73)59(13)82-69/h25,27,29,31,33,35,37,39,41,43,45,59,61-69,71,73-76H,15-24,26,28,30,32,34,36,38,40,42,44,46-47H2,1-14H3,(H,70,72)(H,77,78)(H,79,80)/b49-27+,50-29+,51-31+,52-33+,53-35+,54-37+,55-39+,56-41+,57-43+,58-45+. The molecule has 1 amide bonds. The van der Waals surface area contributed by atoms with Crippen LogP contribution in [0.2, 0.25) is 0 Å². The molecule has 12 atom stereocenters. The molecule has 0 spiro atoms. The Morgan fingerprint density at radius 3 is 1.09 bits per heavy atom. The van der Waals surface area contributed by atoms with Crippen LogP contribution in [0, 0.1) is 0 Å². The van der Waals surface area contributed by atoms with E-state index in [-0.39, 0.29) is 0 Å². The number of phosphoric acid groups is 2. The Balaban J connectivity index is 1.69. The third-order valence-corrected chi connectivity index (χ3v) is 18.4.